The van der Waals surface area contributed by atoms with Gasteiger partial charge in [-0.25, -0.2) is 9.69 Å². The maximum Gasteiger partial charge on any atom is 0.408 e. The van der Waals surface area contributed by atoms with Crippen LogP contribution in [0.15, 0.2) is 78.9 Å². The normalized spacial score (nSPS) is 27.1. The van der Waals surface area contributed by atoms with Gasteiger partial charge < -0.3 is 30.0 Å². The lowest BCUT2D eigenvalue weighted by Crippen LogP contribution is -2.61. The zero-order valence-corrected chi connectivity index (χ0v) is 32.5. The number of benzene rings is 3. The van der Waals surface area contributed by atoms with Crippen LogP contribution in [0.4, 0.5) is 10.5 Å². The number of carbonyl (C=O) groups excluding carboxylic acids is 4. The van der Waals surface area contributed by atoms with Crippen LogP contribution in [0.5, 0.6) is 0 Å². The van der Waals surface area contributed by atoms with E-state index in [0.29, 0.717) is 36.2 Å². The molecular formula is C44H54N4O8. The predicted octanol–water partition coefficient (Wildman–Crippen LogP) is 6.22. The number of aliphatic hydroxyl groups excluding tert-OH is 1. The van der Waals surface area contributed by atoms with Gasteiger partial charge in [-0.2, -0.15) is 0 Å². The SMILES string of the molecule is CC(C)(C)NC(=O)[C@H]1CC[C@H]2CCCC[C@H]2N1C[C@@H]1C[C@H](c2ccc(CO)cc2)O[C@H](c2ccc(N3C(=O)CC(NC(=O)OCc4ccccc4)C3=O)cc2)O1. The molecule has 7 rings (SSSR count). The Balaban J connectivity index is 1.08. The third-order valence-electron chi connectivity index (χ3n) is 11.4. The van der Waals surface area contributed by atoms with Gasteiger partial charge in [-0.1, -0.05) is 79.6 Å². The molecular weight excluding hydrogens is 713 g/mol. The molecule has 3 N–H and O–H groups in total. The van der Waals surface area contributed by atoms with Gasteiger partial charge in [-0.15, -0.1) is 0 Å². The minimum atomic E-state index is -1.04. The summed E-state index contributed by atoms with van der Waals surface area (Å²) in [5.41, 5.74) is 3.31. The second-order valence-corrected chi connectivity index (χ2v) is 16.6. The lowest BCUT2D eigenvalue weighted by atomic mass is 9.75. The van der Waals surface area contributed by atoms with Crippen molar-refractivity contribution in [2.24, 2.45) is 5.92 Å². The van der Waals surface area contributed by atoms with Crippen molar-refractivity contribution >= 4 is 29.5 Å². The van der Waals surface area contributed by atoms with Gasteiger partial charge in [-0.3, -0.25) is 19.3 Å². The van der Waals surface area contributed by atoms with E-state index in [2.05, 4.69) is 15.5 Å². The summed E-state index contributed by atoms with van der Waals surface area (Å²) in [6, 6.07) is 22.9. The van der Waals surface area contributed by atoms with Gasteiger partial charge in [0.25, 0.3) is 5.91 Å². The smallest absolute Gasteiger partial charge is 0.408 e. The van der Waals surface area contributed by atoms with Crippen LogP contribution in [0, 0.1) is 5.92 Å². The average molecular weight is 767 g/mol. The van der Waals surface area contributed by atoms with Gasteiger partial charge in [0.1, 0.15) is 12.6 Å². The number of fused-ring (bicyclic) bond motifs is 1. The van der Waals surface area contributed by atoms with Crippen molar-refractivity contribution in [2.45, 2.75) is 128 Å². The number of likely N-dealkylation sites (tertiary alicyclic amines) is 1. The van der Waals surface area contributed by atoms with Crippen molar-refractivity contribution < 1.29 is 38.5 Å². The molecule has 0 spiro atoms. The van der Waals surface area contributed by atoms with Gasteiger partial charge in [0.2, 0.25) is 11.8 Å². The number of hydrogen-bond donors (Lipinski definition) is 3. The highest BCUT2D eigenvalue weighted by molar-refractivity contribution is 6.22. The Labute approximate surface area is 328 Å². The lowest BCUT2D eigenvalue weighted by molar-refractivity contribution is -0.255. The third-order valence-corrected chi connectivity index (χ3v) is 11.4. The van der Waals surface area contributed by atoms with Gasteiger partial charge in [0.15, 0.2) is 6.29 Å². The highest BCUT2D eigenvalue weighted by Crippen LogP contribution is 2.42. The van der Waals surface area contributed by atoms with Crippen molar-refractivity contribution in [3.8, 4) is 0 Å². The van der Waals surface area contributed by atoms with Crippen molar-refractivity contribution in [1.29, 1.82) is 0 Å². The highest BCUT2D eigenvalue weighted by atomic mass is 16.7. The Bertz CT molecular complexity index is 1850. The van der Waals surface area contributed by atoms with E-state index in [1.165, 1.54) is 12.8 Å². The number of alkyl carbamates (subject to hydrolysis) is 1. The number of nitrogens with one attached hydrogen (secondary N) is 2. The molecule has 0 aromatic heterocycles. The van der Waals surface area contributed by atoms with E-state index >= 15 is 0 Å². The van der Waals surface area contributed by atoms with Crippen LogP contribution in [0.25, 0.3) is 0 Å². The summed E-state index contributed by atoms with van der Waals surface area (Å²) in [6.45, 7) is 6.60. The molecule has 0 bridgehead atoms. The van der Waals surface area contributed by atoms with Crippen LogP contribution in [0.1, 0.15) is 107 Å². The zero-order valence-electron chi connectivity index (χ0n) is 32.5. The summed E-state index contributed by atoms with van der Waals surface area (Å²) in [5, 5.41) is 15.5. The first kappa shape index (κ1) is 39.6. The molecule has 12 heteroatoms. The summed E-state index contributed by atoms with van der Waals surface area (Å²) < 4.78 is 18.7. The summed E-state index contributed by atoms with van der Waals surface area (Å²) in [5.74, 6) is -0.355. The Morgan fingerprint density at radius 1 is 0.857 bits per heavy atom. The number of carbonyl (C=O) groups is 4. The summed E-state index contributed by atoms with van der Waals surface area (Å²) in [6.07, 6.45) is 4.72. The van der Waals surface area contributed by atoms with Crippen LogP contribution in [0.2, 0.25) is 0 Å². The van der Waals surface area contributed by atoms with Gasteiger partial charge in [-0.05, 0) is 81.2 Å². The van der Waals surface area contributed by atoms with E-state index in [-0.39, 0.29) is 49.3 Å². The molecule has 3 aliphatic heterocycles. The molecule has 3 saturated heterocycles. The molecule has 3 aromatic carbocycles. The Hall–Kier alpha value is -4.62. The second-order valence-electron chi connectivity index (χ2n) is 16.6. The molecule has 56 heavy (non-hydrogen) atoms. The number of piperidine rings is 1. The number of imide groups is 1. The van der Waals surface area contributed by atoms with Crippen molar-refractivity contribution in [2.75, 3.05) is 11.4 Å². The fourth-order valence-electron chi connectivity index (χ4n) is 8.70. The number of ether oxygens (including phenoxy) is 3. The maximum absolute atomic E-state index is 13.8. The van der Waals surface area contributed by atoms with Gasteiger partial charge >= 0.3 is 6.09 Å². The van der Waals surface area contributed by atoms with Crippen LogP contribution in [-0.4, -0.2) is 70.1 Å². The van der Waals surface area contributed by atoms with Crippen LogP contribution >= 0.6 is 0 Å². The van der Waals surface area contributed by atoms with E-state index in [9.17, 15) is 24.3 Å². The van der Waals surface area contributed by atoms with Gasteiger partial charge in [0.05, 0.1) is 37.0 Å². The maximum atomic E-state index is 13.8. The Morgan fingerprint density at radius 3 is 2.29 bits per heavy atom. The quantitative estimate of drug-likeness (QED) is 0.205. The molecule has 1 unspecified atom stereocenters. The second kappa shape index (κ2) is 17.3. The molecule has 1 aliphatic carbocycles. The van der Waals surface area contributed by atoms with Crippen molar-refractivity contribution in [1.82, 2.24) is 15.5 Å². The molecule has 0 radical (unpaired) electrons. The largest absolute Gasteiger partial charge is 0.445 e. The van der Waals surface area contributed by atoms with Crippen molar-refractivity contribution in [3.05, 3.63) is 101 Å². The number of nitrogens with zero attached hydrogens (tertiary/aromatic N) is 2. The number of rotatable bonds is 10. The first-order valence-electron chi connectivity index (χ1n) is 20.0. The molecule has 12 nitrogen and oxygen atoms in total. The summed E-state index contributed by atoms with van der Waals surface area (Å²) in [4.78, 5) is 56.3. The first-order valence-corrected chi connectivity index (χ1v) is 20.0. The van der Waals surface area contributed by atoms with E-state index in [1.807, 2.05) is 75.4 Å². The minimum absolute atomic E-state index is 0.0416. The molecule has 298 valence electrons. The van der Waals surface area contributed by atoms with Crippen LogP contribution < -0.4 is 15.5 Å². The molecule has 4 aliphatic rings. The topological polar surface area (TPSA) is 147 Å². The number of amides is 4. The van der Waals surface area contributed by atoms with E-state index < -0.39 is 30.2 Å². The molecule has 3 heterocycles. The van der Waals surface area contributed by atoms with E-state index in [1.54, 1.807) is 24.3 Å². The lowest BCUT2D eigenvalue weighted by Gasteiger charge is -2.50. The number of aliphatic hydroxyl groups is 1. The zero-order chi connectivity index (χ0) is 39.4. The van der Waals surface area contributed by atoms with Crippen LogP contribution in [0.3, 0.4) is 0 Å². The fraction of sp³-hybridized carbons (Fsp3) is 0.500. The third kappa shape index (κ3) is 9.32. The Kier molecular flexibility index (Phi) is 12.2. The van der Waals surface area contributed by atoms with E-state index in [4.69, 9.17) is 14.2 Å². The number of hydrogen-bond acceptors (Lipinski definition) is 9. The van der Waals surface area contributed by atoms with E-state index in [0.717, 1.165) is 47.3 Å². The molecule has 7 atom stereocenters. The monoisotopic (exact) mass is 766 g/mol. The van der Waals surface area contributed by atoms with Crippen molar-refractivity contribution in [3.63, 3.8) is 0 Å². The molecule has 1 saturated carbocycles. The van der Waals surface area contributed by atoms with Gasteiger partial charge in [0, 0.05) is 30.1 Å². The Morgan fingerprint density at radius 2 is 1.57 bits per heavy atom. The fourth-order valence-corrected chi connectivity index (χ4v) is 8.70. The number of anilines is 1. The average Bonchev–Trinajstić information content (AvgIpc) is 3.47. The molecule has 4 amide bonds. The molecule has 4 fully saturated rings. The highest BCUT2D eigenvalue weighted by Gasteiger charge is 2.45. The summed E-state index contributed by atoms with van der Waals surface area (Å²) >= 11 is 0. The minimum Gasteiger partial charge on any atom is -0.445 e. The summed E-state index contributed by atoms with van der Waals surface area (Å²) in [7, 11) is 0. The predicted molar refractivity (Wildman–Crippen MR) is 209 cm³/mol. The first-order chi connectivity index (χ1) is 27.0. The molecule has 3 aromatic rings. The van der Waals surface area contributed by atoms with Crippen LogP contribution in [-0.2, 0) is 41.8 Å². The standard InChI is InChI=1S/C44H54N4O8/c1-44(2,3)46-40(51)37-22-19-30-11-7-8-12-36(30)47(37)25-34-23-38(31-15-13-28(26-49)14-16-31)56-42(55-34)32-17-20-33(21-18-32)48-39(50)24-35(41(48)52)45-43(53)54-27-29-9-5-4-6-10-29/h4-6,9-10,13-18,20-21,30,34-38,42,49H,7-8,11-12,19,22-27H2,1-3H3,(H,45,53)(H,46,51)/t30-,34+,35?,36-,37-,38-,42-/m1/s1.